The fourth-order valence-electron chi connectivity index (χ4n) is 3.78. The number of hydrogen-bond acceptors (Lipinski definition) is 7. The first-order valence-electron chi connectivity index (χ1n) is 9.70. The number of aromatic hydroxyl groups is 1. The smallest absolute Gasteiger partial charge is 0.245 e. The molecule has 2 aliphatic rings. The number of rotatable bonds is 4. The van der Waals surface area contributed by atoms with Crippen LogP contribution in [0.25, 0.3) is 22.4 Å². The van der Waals surface area contributed by atoms with Crippen molar-refractivity contribution in [3.63, 3.8) is 0 Å². The lowest BCUT2D eigenvalue weighted by atomic mass is 10.0. The minimum absolute atomic E-state index is 0. The summed E-state index contributed by atoms with van der Waals surface area (Å²) in [7, 11) is 0. The Hall–Kier alpha value is -2.48. The van der Waals surface area contributed by atoms with E-state index in [1.165, 1.54) is 12.8 Å². The quantitative estimate of drug-likeness (QED) is 0.635. The molecule has 3 aromatic rings. The van der Waals surface area contributed by atoms with E-state index in [1.807, 2.05) is 24.3 Å². The minimum Gasteiger partial charge on any atom is -0.507 e. The summed E-state index contributed by atoms with van der Waals surface area (Å²) in [6.07, 6.45) is 7.80. The van der Waals surface area contributed by atoms with Crippen molar-refractivity contribution in [1.82, 2.24) is 25.5 Å². The van der Waals surface area contributed by atoms with Crippen LogP contribution in [0.1, 0.15) is 12.8 Å². The minimum atomic E-state index is 0. The lowest BCUT2D eigenvalue weighted by molar-refractivity contribution is 0.414. The van der Waals surface area contributed by atoms with Gasteiger partial charge in [0.05, 0.1) is 6.20 Å². The van der Waals surface area contributed by atoms with E-state index in [9.17, 15) is 5.11 Å². The van der Waals surface area contributed by atoms with Crippen LogP contribution in [-0.2, 0) is 0 Å². The van der Waals surface area contributed by atoms with E-state index < -0.39 is 0 Å². The van der Waals surface area contributed by atoms with E-state index in [2.05, 4.69) is 30.4 Å². The molecular weight excluding hydrogens is 423 g/mol. The third-order valence-corrected chi connectivity index (χ3v) is 5.52. The molecular formula is C21H24Cl2N6O. The molecule has 5 rings (SSSR count). The highest BCUT2D eigenvalue weighted by Gasteiger charge is 2.34. The summed E-state index contributed by atoms with van der Waals surface area (Å²) < 4.78 is 0. The van der Waals surface area contributed by atoms with Gasteiger partial charge in [-0.15, -0.1) is 35.0 Å². The second-order valence-electron chi connectivity index (χ2n) is 7.46. The van der Waals surface area contributed by atoms with Gasteiger partial charge >= 0.3 is 0 Å². The monoisotopic (exact) mass is 446 g/mol. The third-order valence-electron chi connectivity index (χ3n) is 5.52. The number of nitrogens with zero attached hydrogens (tertiary/aromatic N) is 5. The topological polar surface area (TPSA) is 87.1 Å². The van der Waals surface area contributed by atoms with Crippen molar-refractivity contribution in [2.24, 2.45) is 5.92 Å². The first-order valence-corrected chi connectivity index (χ1v) is 9.70. The highest BCUT2D eigenvalue weighted by atomic mass is 35.5. The molecule has 158 valence electrons. The van der Waals surface area contributed by atoms with Crippen molar-refractivity contribution in [3.8, 4) is 28.1 Å². The summed E-state index contributed by atoms with van der Waals surface area (Å²) in [5.74, 6) is 1.61. The van der Waals surface area contributed by atoms with Crippen molar-refractivity contribution in [3.05, 3.63) is 48.9 Å². The van der Waals surface area contributed by atoms with E-state index in [1.54, 1.807) is 24.7 Å². The average molecular weight is 447 g/mol. The van der Waals surface area contributed by atoms with Gasteiger partial charge in [0.25, 0.3) is 0 Å². The summed E-state index contributed by atoms with van der Waals surface area (Å²) in [4.78, 5) is 10.7. The molecule has 0 unspecified atom stereocenters. The van der Waals surface area contributed by atoms with Crippen LogP contribution in [-0.4, -0.2) is 50.9 Å². The van der Waals surface area contributed by atoms with Crippen molar-refractivity contribution < 1.29 is 5.11 Å². The fourth-order valence-corrected chi connectivity index (χ4v) is 3.78. The number of halogens is 2. The Kier molecular flexibility index (Phi) is 7.07. The number of pyridine rings is 1. The van der Waals surface area contributed by atoms with Crippen molar-refractivity contribution in [1.29, 1.82) is 0 Å². The normalized spacial score (nSPS) is 18.3. The second-order valence-corrected chi connectivity index (χ2v) is 7.46. The Morgan fingerprint density at radius 3 is 2.47 bits per heavy atom. The molecule has 1 atom stereocenters. The molecule has 0 spiro atoms. The van der Waals surface area contributed by atoms with E-state index in [0.29, 0.717) is 23.2 Å². The van der Waals surface area contributed by atoms with Crippen LogP contribution in [0.3, 0.4) is 0 Å². The van der Waals surface area contributed by atoms with Gasteiger partial charge in [-0.05, 0) is 54.2 Å². The first kappa shape index (κ1) is 22.2. The van der Waals surface area contributed by atoms with Gasteiger partial charge in [0.1, 0.15) is 11.4 Å². The highest BCUT2D eigenvalue weighted by molar-refractivity contribution is 5.85. The molecule has 2 N–H and O–H groups in total. The predicted octanol–water partition coefficient (Wildman–Crippen LogP) is 3.34. The average Bonchev–Trinajstić information content (AvgIpc) is 3.60. The number of aromatic nitrogens is 4. The van der Waals surface area contributed by atoms with Gasteiger partial charge in [0, 0.05) is 43.6 Å². The van der Waals surface area contributed by atoms with Gasteiger partial charge in [-0.1, -0.05) is 6.07 Å². The summed E-state index contributed by atoms with van der Waals surface area (Å²) in [5, 5.41) is 22.7. The van der Waals surface area contributed by atoms with E-state index in [4.69, 9.17) is 0 Å². The van der Waals surface area contributed by atoms with Gasteiger partial charge in [-0.25, -0.2) is 4.98 Å². The molecule has 1 aliphatic heterocycles. The largest absolute Gasteiger partial charge is 0.507 e. The Balaban J connectivity index is 0.00000128. The number of piperazine rings is 1. The molecule has 9 heteroatoms. The van der Waals surface area contributed by atoms with Crippen LogP contribution >= 0.6 is 24.8 Å². The lowest BCUT2D eigenvalue weighted by Crippen LogP contribution is -2.52. The molecule has 7 nitrogen and oxygen atoms in total. The number of nitrogens with one attached hydrogen (secondary N) is 1. The van der Waals surface area contributed by atoms with Gasteiger partial charge in [-0.2, -0.15) is 0 Å². The molecule has 0 amide bonds. The number of benzene rings is 1. The van der Waals surface area contributed by atoms with Crippen LogP contribution in [0.2, 0.25) is 0 Å². The molecule has 1 saturated carbocycles. The van der Waals surface area contributed by atoms with Crippen LogP contribution in [0, 0.1) is 5.92 Å². The summed E-state index contributed by atoms with van der Waals surface area (Å²) >= 11 is 0. The number of anilines is 1. The fraction of sp³-hybridized carbons (Fsp3) is 0.333. The molecule has 0 bridgehead atoms. The Morgan fingerprint density at radius 2 is 1.80 bits per heavy atom. The molecule has 2 fully saturated rings. The third kappa shape index (κ3) is 4.64. The second kappa shape index (κ2) is 9.55. The summed E-state index contributed by atoms with van der Waals surface area (Å²) in [6.45, 7) is 2.76. The molecule has 1 aromatic carbocycles. The summed E-state index contributed by atoms with van der Waals surface area (Å²) in [5.41, 5.74) is 3.12. The Labute approximate surface area is 187 Å². The van der Waals surface area contributed by atoms with Gasteiger partial charge < -0.3 is 15.3 Å². The predicted molar refractivity (Wildman–Crippen MR) is 121 cm³/mol. The first-order chi connectivity index (χ1) is 13.8. The van der Waals surface area contributed by atoms with Crippen LogP contribution in [0.15, 0.2) is 48.9 Å². The van der Waals surface area contributed by atoms with Gasteiger partial charge in [0.15, 0.2) is 0 Å². The van der Waals surface area contributed by atoms with Crippen LogP contribution in [0.4, 0.5) is 5.95 Å². The van der Waals surface area contributed by atoms with Gasteiger partial charge in [0.2, 0.25) is 5.95 Å². The van der Waals surface area contributed by atoms with Crippen molar-refractivity contribution >= 4 is 30.8 Å². The molecule has 0 radical (unpaired) electrons. The standard InChI is InChI=1S/C21H22N6O.2ClH/c28-20-11-16(14-5-7-22-8-6-14)3-4-17(20)18-12-24-21(26-25-18)27-10-9-23-19(13-27)15-1-2-15;;/h3-8,11-12,15,19,23,28H,1-2,9-10,13H2;2*1H/t19-;;/m1../s1. The summed E-state index contributed by atoms with van der Waals surface area (Å²) in [6, 6.07) is 9.89. The molecule has 30 heavy (non-hydrogen) atoms. The van der Waals surface area contributed by atoms with Crippen molar-refractivity contribution in [2.75, 3.05) is 24.5 Å². The van der Waals surface area contributed by atoms with E-state index in [-0.39, 0.29) is 30.6 Å². The van der Waals surface area contributed by atoms with Gasteiger partial charge in [-0.3, -0.25) is 4.98 Å². The maximum Gasteiger partial charge on any atom is 0.245 e. The van der Waals surface area contributed by atoms with Crippen LogP contribution < -0.4 is 10.2 Å². The zero-order valence-electron chi connectivity index (χ0n) is 16.3. The zero-order chi connectivity index (χ0) is 18.9. The number of hydrogen-bond donors (Lipinski definition) is 2. The molecule has 2 aromatic heterocycles. The van der Waals surface area contributed by atoms with E-state index in [0.717, 1.165) is 36.7 Å². The van der Waals surface area contributed by atoms with Crippen LogP contribution in [0.5, 0.6) is 5.75 Å². The SMILES string of the molecule is Cl.Cl.Oc1cc(-c2ccncc2)ccc1-c1cnc(N2CCN[C@@H](C3CC3)C2)nn1. The van der Waals surface area contributed by atoms with Crippen molar-refractivity contribution in [2.45, 2.75) is 18.9 Å². The Morgan fingerprint density at radius 1 is 1.00 bits per heavy atom. The highest BCUT2D eigenvalue weighted by Crippen LogP contribution is 2.34. The Bertz CT molecular complexity index is 969. The number of phenols is 1. The molecule has 1 aliphatic carbocycles. The van der Waals surface area contributed by atoms with E-state index >= 15 is 0 Å². The maximum absolute atomic E-state index is 10.5. The lowest BCUT2D eigenvalue weighted by Gasteiger charge is -2.33. The molecule has 3 heterocycles. The number of phenolic OH excluding ortho intramolecular Hbond substituents is 1. The zero-order valence-corrected chi connectivity index (χ0v) is 17.9. The maximum atomic E-state index is 10.5. The molecule has 1 saturated heterocycles.